The molecule has 0 aliphatic rings. The van der Waals surface area contributed by atoms with E-state index in [4.69, 9.17) is 10.5 Å². The molecular weight excluding hydrogens is 334 g/mol. The van der Waals surface area contributed by atoms with Gasteiger partial charge in [-0.1, -0.05) is 12.2 Å². The summed E-state index contributed by atoms with van der Waals surface area (Å²) in [6.45, 7) is -0.0226. The maximum Gasteiger partial charge on any atom is 0.313 e. The van der Waals surface area contributed by atoms with Gasteiger partial charge in [-0.2, -0.15) is 0 Å². The minimum Gasteiger partial charge on any atom is -0.495 e. The number of thiocarbonyl (C=S) groups is 1. The van der Waals surface area contributed by atoms with Crippen molar-refractivity contribution in [3.63, 3.8) is 0 Å². The number of anilines is 1. The van der Waals surface area contributed by atoms with E-state index in [1.807, 2.05) is 0 Å². The Balaban J connectivity index is 2.66. The van der Waals surface area contributed by atoms with Crippen LogP contribution >= 0.6 is 28.1 Å². The monoisotopic (exact) mass is 345 g/mol. The van der Waals surface area contributed by atoms with E-state index in [-0.39, 0.29) is 11.5 Å². The largest absolute Gasteiger partial charge is 0.495 e. The number of ether oxygens (including phenoxy) is 1. The van der Waals surface area contributed by atoms with Crippen molar-refractivity contribution in [2.24, 2.45) is 5.73 Å². The molecule has 1 rings (SSSR count). The number of halogens is 1. The maximum atomic E-state index is 11.5. The molecule has 0 unspecified atom stereocenters. The average molecular weight is 346 g/mol. The van der Waals surface area contributed by atoms with E-state index < -0.39 is 11.8 Å². The first kappa shape index (κ1) is 15.4. The van der Waals surface area contributed by atoms with Gasteiger partial charge in [0.2, 0.25) is 0 Å². The third-order valence-corrected chi connectivity index (χ3v) is 2.84. The van der Waals surface area contributed by atoms with Gasteiger partial charge < -0.3 is 21.1 Å². The van der Waals surface area contributed by atoms with Gasteiger partial charge in [-0.15, -0.1) is 0 Å². The van der Waals surface area contributed by atoms with Crippen LogP contribution in [0.15, 0.2) is 22.7 Å². The summed E-state index contributed by atoms with van der Waals surface area (Å²) in [5, 5.41) is 4.72. The highest BCUT2D eigenvalue weighted by atomic mass is 79.9. The number of methoxy groups -OCH3 is 1. The second-order valence-corrected chi connectivity index (χ2v) is 4.83. The summed E-state index contributed by atoms with van der Waals surface area (Å²) in [6.07, 6.45) is 0. The fourth-order valence-electron chi connectivity index (χ4n) is 1.17. The van der Waals surface area contributed by atoms with Gasteiger partial charge in [0.1, 0.15) is 5.75 Å². The molecule has 0 saturated heterocycles. The molecule has 0 radical (unpaired) electrons. The van der Waals surface area contributed by atoms with Crippen molar-refractivity contribution < 1.29 is 14.3 Å². The lowest BCUT2D eigenvalue weighted by atomic mass is 10.3. The zero-order valence-corrected chi connectivity index (χ0v) is 12.4. The summed E-state index contributed by atoms with van der Waals surface area (Å²) in [7, 11) is 1.50. The molecule has 1 aromatic carbocycles. The Morgan fingerprint density at radius 1 is 1.42 bits per heavy atom. The average Bonchev–Trinajstić information content (AvgIpc) is 2.37. The second-order valence-electron chi connectivity index (χ2n) is 3.45. The molecular formula is C11H12BrN3O3S. The Labute approximate surface area is 123 Å². The molecule has 0 atom stereocenters. The molecule has 8 heteroatoms. The van der Waals surface area contributed by atoms with Crippen LogP contribution in [0.3, 0.4) is 0 Å². The number of benzene rings is 1. The molecule has 0 heterocycles. The van der Waals surface area contributed by atoms with Crippen LogP contribution in [-0.4, -0.2) is 30.5 Å². The first-order valence-corrected chi connectivity index (χ1v) is 6.35. The number of hydrogen-bond acceptors (Lipinski definition) is 4. The predicted molar refractivity (Wildman–Crippen MR) is 79.1 cm³/mol. The SMILES string of the molecule is COc1cc(NC(=O)C(=O)NCC(N)=S)ccc1Br. The highest BCUT2D eigenvalue weighted by Crippen LogP contribution is 2.27. The number of nitrogens with two attached hydrogens (primary N) is 1. The van der Waals surface area contributed by atoms with Crippen LogP contribution in [0.2, 0.25) is 0 Å². The number of carbonyl (C=O) groups excluding carboxylic acids is 2. The quantitative estimate of drug-likeness (QED) is 0.554. The zero-order valence-electron chi connectivity index (χ0n) is 10.0. The van der Waals surface area contributed by atoms with E-state index in [0.29, 0.717) is 11.4 Å². The molecule has 0 spiro atoms. The lowest BCUT2D eigenvalue weighted by Gasteiger charge is -2.08. The van der Waals surface area contributed by atoms with Gasteiger partial charge in [0.25, 0.3) is 0 Å². The third kappa shape index (κ3) is 4.84. The molecule has 0 fully saturated rings. The van der Waals surface area contributed by atoms with E-state index in [0.717, 1.165) is 4.47 Å². The molecule has 0 bridgehead atoms. The van der Waals surface area contributed by atoms with Gasteiger partial charge in [0, 0.05) is 11.8 Å². The first-order chi connectivity index (χ1) is 8.93. The van der Waals surface area contributed by atoms with Gasteiger partial charge in [-0.3, -0.25) is 9.59 Å². The highest BCUT2D eigenvalue weighted by molar-refractivity contribution is 9.10. The van der Waals surface area contributed by atoms with E-state index in [1.54, 1.807) is 18.2 Å². The Hall–Kier alpha value is -1.67. The molecule has 0 saturated carbocycles. The van der Waals surface area contributed by atoms with Gasteiger partial charge in [0.05, 0.1) is 23.1 Å². The van der Waals surface area contributed by atoms with Gasteiger partial charge >= 0.3 is 11.8 Å². The van der Waals surface area contributed by atoms with Gasteiger partial charge in [-0.25, -0.2) is 0 Å². The van der Waals surface area contributed by atoms with E-state index in [1.165, 1.54) is 7.11 Å². The number of hydrogen-bond donors (Lipinski definition) is 3. The number of carbonyl (C=O) groups is 2. The molecule has 19 heavy (non-hydrogen) atoms. The Kier molecular flexibility index (Phi) is 5.71. The molecule has 6 nitrogen and oxygen atoms in total. The smallest absolute Gasteiger partial charge is 0.313 e. The van der Waals surface area contributed by atoms with Gasteiger partial charge in [0.15, 0.2) is 0 Å². The summed E-state index contributed by atoms with van der Waals surface area (Å²) < 4.78 is 5.82. The number of rotatable bonds is 4. The normalized spacial score (nSPS) is 9.58. The molecule has 0 aromatic heterocycles. The third-order valence-electron chi connectivity index (χ3n) is 2.04. The van der Waals surface area contributed by atoms with Crippen molar-refractivity contribution in [3.05, 3.63) is 22.7 Å². The molecule has 4 N–H and O–H groups in total. The van der Waals surface area contributed by atoms with Crippen molar-refractivity contribution in [2.75, 3.05) is 19.0 Å². The second kappa shape index (κ2) is 7.05. The van der Waals surface area contributed by atoms with Crippen LogP contribution in [-0.2, 0) is 9.59 Å². The summed E-state index contributed by atoms with van der Waals surface area (Å²) in [5.74, 6) is -1.07. The predicted octanol–water partition coefficient (Wildman–Crippen LogP) is 0.799. The summed E-state index contributed by atoms with van der Waals surface area (Å²) >= 11 is 7.87. The van der Waals surface area contributed by atoms with E-state index >= 15 is 0 Å². The Morgan fingerprint density at radius 2 is 2.11 bits per heavy atom. The van der Waals surface area contributed by atoms with Crippen molar-refractivity contribution in [1.29, 1.82) is 0 Å². The van der Waals surface area contributed by atoms with Crippen LogP contribution < -0.4 is 21.1 Å². The zero-order chi connectivity index (χ0) is 14.4. The lowest BCUT2D eigenvalue weighted by molar-refractivity contribution is -0.135. The lowest BCUT2D eigenvalue weighted by Crippen LogP contribution is -2.39. The van der Waals surface area contributed by atoms with Crippen molar-refractivity contribution in [2.45, 2.75) is 0 Å². The topological polar surface area (TPSA) is 93.4 Å². The molecule has 102 valence electrons. The fourth-order valence-corrected chi connectivity index (χ4v) is 1.65. The van der Waals surface area contributed by atoms with Crippen molar-refractivity contribution in [3.8, 4) is 5.75 Å². The molecule has 0 aliphatic carbocycles. The van der Waals surface area contributed by atoms with E-state index in [9.17, 15) is 9.59 Å². The standard InChI is InChI=1S/C11H12BrN3O3S/c1-18-8-4-6(2-3-7(8)12)15-11(17)10(16)14-5-9(13)19/h2-4H,5H2,1H3,(H2,13,19)(H,14,16)(H,15,17). The minimum absolute atomic E-state index is 0.0226. The van der Waals surface area contributed by atoms with Crippen LogP contribution in [0.5, 0.6) is 5.75 Å². The molecule has 1 aromatic rings. The Morgan fingerprint density at radius 3 is 2.68 bits per heavy atom. The van der Waals surface area contributed by atoms with E-state index in [2.05, 4.69) is 38.8 Å². The maximum absolute atomic E-state index is 11.5. The first-order valence-electron chi connectivity index (χ1n) is 5.15. The van der Waals surface area contributed by atoms with Crippen LogP contribution in [0.25, 0.3) is 0 Å². The van der Waals surface area contributed by atoms with Crippen LogP contribution in [0, 0.1) is 0 Å². The number of amides is 2. The molecule has 2 amide bonds. The van der Waals surface area contributed by atoms with Gasteiger partial charge in [-0.05, 0) is 28.1 Å². The van der Waals surface area contributed by atoms with Crippen LogP contribution in [0.4, 0.5) is 5.69 Å². The van der Waals surface area contributed by atoms with Crippen molar-refractivity contribution >= 4 is 50.6 Å². The van der Waals surface area contributed by atoms with Crippen LogP contribution in [0.1, 0.15) is 0 Å². The molecule has 0 aliphatic heterocycles. The minimum atomic E-state index is -0.810. The summed E-state index contributed by atoms with van der Waals surface area (Å²) in [5.41, 5.74) is 5.65. The van der Waals surface area contributed by atoms with Crippen molar-refractivity contribution in [1.82, 2.24) is 5.32 Å². The number of nitrogens with one attached hydrogen (secondary N) is 2. The summed E-state index contributed by atoms with van der Waals surface area (Å²) in [4.78, 5) is 23.0. The Bertz CT molecular complexity index is 522. The fraction of sp³-hybridized carbons (Fsp3) is 0.182. The summed E-state index contributed by atoms with van der Waals surface area (Å²) in [6, 6.07) is 4.91. The highest BCUT2D eigenvalue weighted by Gasteiger charge is 2.14.